The quantitative estimate of drug-likeness (QED) is 0.750. The lowest BCUT2D eigenvalue weighted by atomic mass is 10.1. The van der Waals surface area contributed by atoms with Gasteiger partial charge in [-0.1, -0.05) is 6.92 Å². The third kappa shape index (κ3) is 2.16. The summed E-state index contributed by atoms with van der Waals surface area (Å²) in [6.07, 6.45) is -0.172. The monoisotopic (exact) mass is 244 g/mol. The maximum Gasteiger partial charge on any atom is 0.330 e. The first-order valence-corrected chi connectivity index (χ1v) is 5.37. The molecule has 2 rings (SSSR count). The molecule has 0 unspecified atom stereocenters. The molecule has 0 aromatic carbocycles. The van der Waals surface area contributed by atoms with Crippen LogP contribution in [0.25, 0.3) is 0 Å². The Morgan fingerprint density at radius 1 is 1.65 bits per heavy atom. The van der Waals surface area contributed by atoms with E-state index < -0.39 is 29.4 Å². The molecule has 1 aliphatic heterocycles. The zero-order valence-corrected chi connectivity index (χ0v) is 9.22. The van der Waals surface area contributed by atoms with E-state index in [1.54, 1.807) is 0 Å². The average molecular weight is 244 g/mol. The molecule has 0 aliphatic carbocycles. The Labute approximate surface area is 95.7 Å². The van der Waals surface area contributed by atoms with Gasteiger partial charge in [0.05, 0.1) is 12.3 Å². The first-order chi connectivity index (χ1) is 8.02. The summed E-state index contributed by atoms with van der Waals surface area (Å²) in [7, 11) is 0. The number of rotatable bonds is 2. The zero-order valence-electron chi connectivity index (χ0n) is 9.22. The smallest absolute Gasteiger partial charge is 0.330 e. The largest absolute Gasteiger partial charge is 0.388 e. The molecule has 0 saturated carbocycles. The van der Waals surface area contributed by atoms with E-state index >= 15 is 0 Å². The van der Waals surface area contributed by atoms with Crippen LogP contribution >= 0.6 is 0 Å². The van der Waals surface area contributed by atoms with E-state index in [9.17, 15) is 19.1 Å². The Morgan fingerprint density at radius 3 is 2.94 bits per heavy atom. The van der Waals surface area contributed by atoms with E-state index in [1.807, 2.05) is 11.9 Å². The minimum atomic E-state index is -1.08. The number of aromatic amines is 1. The Morgan fingerprint density at radius 2 is 2.35 bits per heavy atom. The summed E-state index contributed by atoms with van der Waals surface area (Å²) in [4.78, 5) is 24.2. The predicted molar refractivity (Wildman–Crippen MR) is 56.1 cm³/mol. The van der Waals surface area contributed by atoms with Gasteiger partial charge < -0.3 is 9.84 Å². The normalized spacial score (nSPS) is 28.5. The molecule has 94 valence electrons. The number of H-pyrrole nitrogens is 1. The minimum absolute atomic E-state index is 0.170. The summed E-state index contributed by atoms with van der Waals surface area (Å²) in [5, 5.41) is 9.73. The maximum atomic E-state index is 13.1. The highest BCUT2D eigenvalue weighted by atomic mass is 19.1. The Balaban J connectivity index is 2.38. The molecule has 1 saturated heterocycles. The van der Waals surface area contributed by atoms with Crippen molar-refractivity contribution in [3.05, 3.63) is 32.9 Å². The molecule has 0 amide bonds. The summed E-state index contributed by atoms with van der Waals surface area (Å²) in [6, 6.07) is 0. The third-order valence-electron chi connectivity index (χ3n) is 2.82. The van der Waals surface area contributed by atoms with Gasteiger partial charge >= 0.3 is 5.69 Å². The van der Waals surface area contributed by atoms with Crippen LogP contribution in [0, 0.1) is 5.82 Å². The van der Waals surface area contributed by atoms with E-state index in [0.29, 0.717) is 12.8 Å². The number of hydrogen-bond acceptors (Lipinski definition) is 4. The number of aliphatic hydroxyl groups is 1. The molecule has 1 aliphatic rings. The Hall–Kier alpha value is -1.47. The van der Waals surface area contributed by atoms with Gasteiger partial charge in [0, 0.05) is 6.42 Å². The second-order valence-electron chi connectivity index (χ2n) is 4.00. The van der Waals surface area contributed by atoms with E-state index in [1.165, 1.54) is 0 Å². The summed E-state index contributed by atoms with van der Waals surface area (Å²) < 4.78 is 19.4. The Kier molecular flexibility index (Phi) is 3.12. The molecular weight excluding hydrogens is 231 g/mol. The van der Waals surface area contributed by atoms with Crippen LogP contribution in [0.4, 0.5) is 4.39 Å². The molecule has 1 fully saturated rings. The summed E-state index contributed by atoms with van der Waals surface area (Å²) in [5.74, 6) is -1.08. The molecule has 0 spiro atoms. The fourth-order valence-electron chi connectivity index (χ4n) is 1.89. The summed E-state index contributed by atoms with van der Waals surface area (Å²) in [6.45, 7) is 1.88. The number of aromatic nitrogens is 2. The highest BCUT2D eigenvalue weighted by Gasteiger charge is 2.35. The van der Waals surface area contributed by atoms with Crippen molar-refractivity contribution < 1.29 is 14.2 Å². The first-order valence-electron chi connectivity index (χ1n) is 5.37. The number of halogens is 1. The van der Waals surface area contributed by atoms with Gasteiger partial charge in [-0.05, 0) is 6.42 Å². The van der Waals surface area contributed by atoms with Gasteiger partial charge in [0.1, 0.15) is 6.10 Å². The van der Waals surface area contributed by atoms with Crippen LogP contribution in [-0.2, 0) is 4.74 Å². The first kappa shape index (κ1) is 12.0. The standard InChI is InChI=1S/C10H13FN2O4/c1-2-5-3-7(14)9(17-5)13-4-6(11)8(15)12-10(13)16/h4-5,7,9,14H,2-3H2,1H3,(H,12,15,16)/t5-,7-,9-/m1/s1. The van der Waals surface area contributed by atoms with Gasteiger partial charge in [0.2, 0.25) is 5.82 Å². The van der Waals surface area contributed by atoms with Gasteiger partial charge in [-0.2, -0.15) is 4.39 Å². The number of nitrogens with zero attached hydrogens (tertiary/aromatic N) is 1. The molecule has 2 N–H and O–H groups in total. The zero-order chi connectivity index (χ0) is 12.6. The van der Waals surface area contributed by atoms with Crippen LogP contribution < -0.4 is 11.2 Å². The van der Waals surface area contributed by atoms with Crippen molar-refractivity contribution in [2.45, 2.75) is 38.2 Å². The second-order valence-corrected chi connectivity index (χ2v) is 4.00. The minimum Gasteiger partial charge on any atom is -0.388 e. The van der Waals surface area contributed by atoms with Crippen LogP contribution in [0.5, 0.6) is 0 Å². The molecular formula is C10H13FN2O4. The van der Waals surface area contributed by atoms with Gasteiger partial charge in [-0.15, -0.1) is 0 Å². The third-order valence-corrected chi connectivity index (χ3v) is 2.82. The van der Waals surface area contributed by atoms with Gasteiger partial charge in [-0.25, -0.2) is 4.79 Å². The highest BCUT2D eigenvalue weighted by Crippen LogP contribution is 2.28. The molecule has 1 aromatic rings. The van der Waals surface area contributed by atoms with Crippen molar-refractivity contribution in [2.75, 3.05) is 0 Å². The SMILES string of the molecule is CC[C@@H]1C[C@@H](O)[C@H](n2cc(F)c(=O)[nH]c2=O)O1. The molecule has 3 atom stereocenters. The van der Waals surface area contributed by atoms with Crippen molar-refractivity contribution in [2.24, 2.45) is 0 Å². The lowest BCUT2D eigenvalue weighted by Crippen LogP contribution is -2.36. The Bertz CT molecular complexity index is 524. The van der Waals surface area contributed by atoms with Crippen molar-refractivity contribution in [3.63, 3.8) is 0 Å². The van der Waals surface area contributed by atoms with Crippen LogP contribution in [0.15, 0.2) is 15.8 Å². The lowest BCUT2D eigenvalue weighted by molar-refractivity contribution is -0.0410. The van der Waals surface area contributed by atoms with E-state index in [2.05, 4.69) is 0 Å². The van der Waals surface area contributed by atoms with Gasteiger partial charge in [0.25, 0.3) is 5.56 Å². The van der Waals surface area contributed by atoms with Gasteiger partial charge in [0.15, 0.2) is 6.23 Å². The molecule has 7 heteroatoms. The predicted octanol–water partition coefficient (Wildman–Crippen LogP) is -0.266. The lowest BCUT2D eigenvalue weighted by Gasteiger charge is -2.16. The van der Waals surface area contributed by atoms with Gasteiger partial charge in [-0.3, -0.25) is 14.3 Å². The van der Waals surface area contributed by atoms with Crippen LogP contribution in [-0.4, -0.2) is 26.9 Å². The molecule has 0 bridgehead atoms. The van der Waals surface area contributed by atoms with E-state index in [-0.39, 0.29) is 6.10 Å². The highest BCUT2D eigenvalue weighted by molar-refractivity contribution is 4.91. The van der Waals surface area contributed by atoms with Crippen LogP contribution in [0.3, 0.4) is 0 Å². The van der Waals surface area contributed by atoms with E-state index in [4.69, 9.17) is 4.74 Å². The maximum absolute atomic E-state index is 13.1. The van der Waals surface area contributed by atoms with Crippen molar-refractivity contribution in [1.82, 2.24) is 9.55 Å². The van der Waals surface area contributed by atoms with Crippen molar-refractivity contribution >= 4 is 0 Å². The average Bonchev–Trinajstić information content (AvgIpc) is 2.65. The molecule has 1 aromatic heterocycles. The van der Waals surface area contributed by atoms with Crippen LogP contribution in [0.2, 0.25) is 0 Å². The number of ether oxygens (including phenoxy) is 1. The second kappa shape index (κ2) is 4.42. The fourth-order valence-corrected chi connectivity index (χ4v) is 1.89. The summed E-state index contributed by atoms with van der Waals surface area (Å²) in [5.41, 5.74) is -1.87. The topological polar surface area (TPSA) is 84.3 Å². The van der Waals surface area contributed by atoms with Crippen LogP contribution in [0.1, 0.15) is 26.0 Å². The number of nitrogens with one attached hydrogen (secondary N) is 1. The molecule has 6 nitrogen and oxygen atoms in total. The van der Waals surface area contributed by atoms with Crippen molar-refractivity contribution in [3.8, 4) is 0 Å². The molecule has 0 radical (unpaired) electrons. The molecule has 2 heterocycles. The van der Waals surface area contributed by atoms with Crippen molar-refractivity contribution in [1.29, 1.82) is 0 Å². The van der Waals surface area contributed by atoms with E-state index in [0.717, 1.165) is 10.8 Å². The molecule has 17 heavy (non-hydrogen) atoms. The number of aliphatic hydroxyl groups excluding tert-OH is 1. The summed E-state index contributed by atoms with van der Waals surface area (Å²) >= 11 is 0. The fraction of sp³-hybridized carbons (Fsp3) is 0.600. The number of hydrogen-bond donors (Lipinski definition) is 2.